The molecular weight excluding hydrogens is 188 g/mol. The van der Waals surface area contributed by atoms with E-state index in [0.29, 0.717) is 0 Å². The molecule has 2 N–H and O–H groups in total. The Balaban J connectivity index is 1.63. The number of carbonyl (C=O) groups is 1. The van der Waals surface area contributed by atoms with Gasteiger partial charge in [-0.05, 0) is 50.6 Å². The second kappa shape index (κ2) is 4.97. The second-order valence-corrected chi connectivity index (χ2v) is 5.21. The third-order valence-electron chi connectivity index (χ3n) is 3.75. The summed E-state index contributed by atoms with van der Waals surface area (Å²) in [4.78, 5) is 11.8. The number of amides is 1. The first-order chi connectivity index (χ1) is 7.25. The average Bonchev–Trinajstić information content (AvgIpc) is 2.23. The smallest absolute Gasteiger partial charge is 0.223 e. The summed E-state index contributed by atoms with van der Waals surface area (Å²) in [5.74, 6) is 2.19. The lowest BCUT2D eigenvalue weighted by atomic mass is 9.76. The van der Waals surface area contributed by atoms with Gasteiger partial charge in [0.2, 0.25) is 5.91 Å². The van der Waals surface area contributed by atoms with Crippen molar-refractivity contribution in [3.05, 3.63) is 0 Å². The topological polar surface area (TPSA) is 41.1 Å². The van der Waals surface area contributed by atoms with Gasteiger partial charge < -0.3 is 10.6 Å². The minimum absolute atomic E-state index is 0.267. The number of carbonyl (C=O) groups excluding carboxylic acids is 1. The lowest BCUT2D eigenvalue weighted by Gasteiger charge is -2.33. The summed E-state index contributed by atoms with van der Waals surface area (Å²) in [6, 6.07) is 0. The third kappa shape index (κ3) is 2.94. The zero-order chi connectivity index (χ0) is 10.7. The quantitative estimate of drug-likeness (QED) is 0.733. The van der Waals surface area contributed by atoms with Crippen LogP contribution in [0.25, 0.3) is 0 Å². The van der Waals surface area contributed by atoms with E-state index in [1.165, 1.54) is 12.8 Å². The Hall–Kier alpha value is -0.570. The van der Waals surface area contributed by atoms with Crippen LogP contribution in [0, 0.1) is 17.8 Å². The molecule has 3 heteroatoms. The van der Waals surface area contributed by atoms with E-state index in [9.17, 15) is 4.79 Å². The van der Waals surface area contributed by atoms with Gasteiger partial charge in [-0.25, -0.2) is 0 Å². The van der Waals surface area contributed by atoms with Crippen LogP contribution < -0.4 is 10.6 Å². The third-order valence-corrected chi connectivity index (χ3v) is 3.75. The molecule has 0 aromatic carbocycles. The standard InChI is InChI=1S/C12H22N2O/c1-9-6-10(7-9)8-14-12(15)11-2-4-13-5-3-11/h9-11,13H,2-8H2,1H3,(H,14,15). The molecule has 0 atom stereocenters. The first-order valence-corrected chi connectivity index (χ1v) is 6.24. The van der Waals surface area contributed by atoms with Crippen molar-refractivity contribution in [1.29, 1.82) is 0 Å². The van der Waals surface area contributed by atoms with Crippen LogP contribution in [-0.2, 0) is 4.79 Å². The van der Waals surface area contributed by atoms with Crippen LogP contribution in [0.15, 0.2) is 0 Å². The van der Waals surface area contributed by atoms with Crippen LogP contribution in [0.3, 0.4) is 0 Å². The predicted octanol–water partition coefficient (Wildman–Crippen LogP) is 1.15. The molecule has 0 spiro atoms. The van der Waals surface area contributed by atoms with E-state index in [0.717, 1.165) is 44.3 Å². The van der Waals surface area contributed by atoms with Crippen molar-refractivity contribution in [2.24, 2.45) is 17.8 Å². The minimum Gasteiger partial charge on any atom is -0.356 e. The highest BCUT2D eigenvalue weighted by atomic mass is 16.1. The Morgan fingerprint density at radius 3 is 2.60 bits per heavy atom. The summed E-state index contributed by atoms with van der Waals surface area (Å²) < 4.78 is 0. The van der Waals surface area contributed by atoms with Gasteiger partial charge in [-0.15, -0.1) is 0 Å². The molecule has 1 aliphatic heterocycles. The summed E-state index contributed by atoms with van der Waals surface area (Å²) >= 11 is 0. The number of piperidine rings is 1. The van der Waals surface area contributed by atoms with Crippen molar-refractivity contribution in [1.82, 2.24) is 10.6 Å². The Kier molecular flexibility index (Phi) is 3.62. The van der Waals surface area contributed by atoms with Crippen LogP contribution in [0.2, 0.25) is 0 Å². The van der Waals surface area contributed by atoms with Gasteiger partial charge in [-0.2, -0.15) is 0 Å². The maximum absolute atomic E-state index is 11.8. The second-order valence-electron chi connectivity index (χ2n) is 5.21. The van der Waals surface area contributed by atoms with E-state index >= 15 is 0 Å². The minimum atomic E-state index is 0.267. The summed E-state index contributed by atoms with van der Waals surface area (Å²) in [5, 5.41) is 6.39. The van der Waals surface area contributed by atoms with E-state index < -0.39 is 0 Å². The van der Waals surface area contributed by atoms with Crippen molar-refractivity contribution in [3.8, 4) is 0 Å². The van der Waals surface area contributed by atoms with Crippen molar-refractivity contribution in [3.63, 3.8) is 0 Å². The molecule has 1 amide bonds. The molecule has 0 aromatic rings. The first kappa shape index (κ1) is 10.9. The number of nitrogens with one attached hydrogen (secondary N) is 2. The fourth-order valence-electron chi connectivity index (χ4n) is 2.71. The summed E-state index contributed by atoms with van der Waals surface area (Å²) in [5.41, 5.74) is 0. The van der Waals surface area contributed by atoms with Crippen LogP contribution in [0.5, 0.6) is 0 Å². The van der Waals surface area contributed by atoms with Crippen LogP contribution in [-0.4, -0.2) is 25.5 Å². The molecule has 86 valence electrons. The molecule has 0 bridgehead atoms. The van der Waals surface area contributed by atoms with E-state index in [2.05, 4.69) is 17.6 Å². The zero-order valence-electron chi connectivity index (χ0n) is 9.59. The lowest BCUT2D eigenvalue weighted by Crippen LogP contribution is -2.41. The Morgan fingerprint density at radius 1 is 1.33 bits per heavy atom. The zero-order valence-corrected chi connectivity index (χ0v) is 9.59. The highest BCUT2D eigenvalue weighted by molar-refractivity contribution is 5.78. The van der Waals surface area contributed by atoms with Gasteiger partial charge in [-0.1, -0.05) is 6.92 Å². The van der Waals surface area contributed by atoms with Crippen LogP contribution >= 0.6 is 0 Å². The van der Waals surface area contributed by atoms with Gasteiger partial charge in [0.05, 0.1) is 0 Å². The molecular formula is C12H22N2O. The molecule has 2 aliphatic rings. The van der Waals surface area contributed by atoms with Gasteiger partial charge in [0, 0.05) is 12.5 Å². The summed E-state index contributed by atoms with van der Waals surface area (Å²) in [7, 11) is 0. The summed E-state index contributed by atoms with van der Waals surface area (Å²) in [6.45, 7) is 5.19. The van der Waals surface area contributed by atoms with Crippen molar-refractivity contribution in [2.75, 3.05) is 19.6 Å². The molecule has 1 aliphatic carbocycles. The van der Waals surface area contributed by atoms with E-state index in [-0.39, 0.29) is 11.8 Å². The van der Waals surface area contributed by atoms with Gasteiger partial charge in [0.1, 0.15) is 0 Å². The maximum Gasteiger partial charge on any atom is 0.223 e. The fourth-order valence-corrected chi connectivity index (χ4v) is 2.71. The number of rotatable bonds is 3. The largest absolute Gasteiger partial charge is 0.356 e. The molecule has 0 unspecified atom stereocenters. The van der Waals surface area contributed by atoms with E-state index in [1.54, 1.807) is 0 Å². The van der Waals surface area contributed by atoms with Gasteiger partial charge in [0.25, 0.3) is 0 Å². The molecule has 0 radical (unpaired) electrons. The predicted molar refractivity (Wildman–Crippen MR) is 60.5 cm³/mol. The van der Waals surface area contributed by atoms with Crippen molar-refractivity contribution < 1.29 is 4.79 Å². The van der Waals surface area contributed by atoms with Crippen LogP contribution in [0.4, 0.5) is 0 Å². The average molecular weight is 210 g/mol. The Bertz CT molecular complexity index is 218. The maximum atomic E-state index is 11.8. The molecule has 1 saturated heterocycles. The molecule has 3 nitrogen and oxygen atoms in total. The van der Waals surface area contributed by atoms with Gasteiger partial charge in [0.15, 0.2) is 0 Å². The molecule has 1 heterocycles. The molecule has 2 rings (SSSR count). The SMILES string of the molecule is CC1CC(CNC(=O)C2CCNCC2)C1. The molecule has 2 fully saturated rings. The number of hydrogen-bond acceptors (Lipinski definition) is 2. The molecule has 1 saturated carbocycles. The lowest BCUT2D eigenvalue weighted by molar-refractivity contribution is -0.126. The van der Waals surface area contributed by atoms with Crippen LogP contribution in [0.1, 0.15) is 32.6 Å². The van der Waals surface area contributed by atoms with E-state index in [4.69, 9.17) is 0 Å². The normalized spacial score (nSPS) is 32.1. The van der Waals surface area contributed by atoms with E-state index in [1.807, 2.05) is 0 Å². The number of hydrogen-bond donors (Lipinski definition) is 2. The van der Waals surface area contributed by atoms with Gasteiger partial charge >= 0.3 is 0 Å². The molecule has 0 aromatic heterocycles. The Labute approximate surface area is 92.0 Å². The summed E-state index contributed by atoms with van der Waals surface area (Å²) in [6.07, 6.45) is 4.61. The Morgan fingerprint density at radius 2 is 2.00 bits per heavy atom. The van der Waals surface area contributed by atoms with Crippen molar-refractivity contribution >= 4 is 5.91 Å². The monoisotopic (exact) mass is 210 g/mol. The van der Waals surface area contributed by atoms with Gasteiger partial charge in [-0.3, -0.25) is 4.79 Å². The highest BCUT2D eigenvalue weighted by Gasteiger charge is 2.27. The first-order valence-electron chi connectivity index (χ1n) is 6.24. The van der Waals surface area contributed by atoms with Crippen molar-refractivity contribution in [2.45, 2.75) is 32.6 Å². The fraction of sp³-hybridized carbons (Fsp3) is 0.917. The molecule has 15 heavy (non-hydrogen) atoms. The highest BCUT2D eigenvalue weighted by Crippen LogP contribution is 2.32.